The number of nitriles is 1. The van der Waals surface area contributed by atoms with Gasteiger partial charge in [0.25, 0.3) is 5.91 Å². The Kier molecular flexibility index (Phi) is 10.3. The molecular weight excluding hydrogens is 823 g/mol. The van der Waals surface area contributed by atoms with Gasteiger partial charge < -0.3 is 24.4 Å². The Morgan fingerprint density at radius 3 is 2.66 bits per heavy atom. The van der Waals surface area contributed by atoms with Crippen LogP contribution in [-0.4, -0.2) is 103 Å². The van der Waals surface area contributed by atoms with Gasteiger partial charge in [0, 0.05) is 101 Å². The minimum absolute atomic E-state index is 0.00348. The second-order valence-corrected chi connectivity index (χ2v) is 20.1. The first-order valence-electron chi connectivity index (χ1n) is 23.2. The predicted molar refractivity (Wildman–Crippen MR) is 238 cm³/mol. The van der Waals surface area contributed by atoms with Gasteiger partial charge in [-0.15, -0.1) is 0 Å². The van der Waals surface area contributed by atoms with Crippen molar-refractivity contribution < 1.29 is 23.5 Å². The highest BCUT2D eigenvalue weighted by Gasteiger charge is 2.57. The quantitative estimate of drug-likeness (QED) is 0.187. The number of rotatable bonds is 6. The number of nitrogens with one attached hydrogen (secondary N) is 3. The number of fused-ring (bicyclic) bond motifs is 6. The van der Waals surface area contributed by atoms with E-state index in [1.54, 1.807) is 18.7 Å². The molecule has 6 aliphatic rings. The molecule has 2 amide bonds. The van der Waals surface area contributed by atoms with E-state index in [1.807, 2.05) is 25.3 Å². The van der Waals surface area contributed by atoms with Gasteiger partial charge in [0.1, 0.15) is 36.4 Å². The molecule has 5 fully saturated rings. The third-order valence-corrected chi connectivity index (χ3v) is 15.1. The summed E-state index contributed by atoms with van der Waals surface area (Å²) in [7, 11) is 0. The third-order valence-electron chi connectivity index (χ3n) is 15.1. The van der Waals surface area contributed by atoms with Crippen molar-refractivity contribution in [2.45, 2.75) is 101 Å². The van der Waals surface area contributed by atoms with E-state index in [4.69, 9.17) is 14.1 Å². The molecule has 11 rings (SSSR count). The lowest BCUT2D eigenvalue weighted by atomic mass is 9.78. The number of benzene rings is 1. The number of hydrogen-bond donors (Lipinski definition) is 3. The Labute approximate surface area is 377 Å². The summed E-state index contributed by atoms with van der Waals surface area (Å²) in [6.07, 6.45) is 13.6. The zero-order valence-electron chi connectivity index (χ0n) is 37.1. The molecule has 8 heterocycles. The fourth-order valence-corrected chi connectivity index (χ4v) is 11.5. The number of carbonyl (C=O) groups is 3. The SMILES string of the molecule is C[C@@H]1[C@@H](C(=O)N[C@@H]2C(=O)N3CCC[C@H](N3)C(=O)OCC(C)(C)Cc3c(-c4cccnc4)n([C@@H]4CC[C@@H](C#N)C4)c4ccc(cc34)-c3coc(n3)[C@H]2N2CC3(CCN3)C2)[C@@H]1c1ccncn1. The normalized spacial score (nSPS) is 29.6. The van der Waals surface area contributed by atoms with Crippen LogP contribution in [0.3, 0.4) is 0 Å². The third kappa shape index (κ3) is 7.47. The number of carbonyl (C=O) groups excluding carboxylic acids is 3. The summed E-state index contributed by atoms with van der Waals surface area (Å²) in [5.74, 6) is -1.28. The Bertz CT molecular complexity index is 2680. The molecule has 3 saturated heterocycles. The largest absolute Gasteiger partial charge is 0.464 e. The first-order chi connectivity index (χ1) is 31.5. The van der Waals surface area contributed by atoms with Gasteiger partial charge in [-0.25, -0.2) is 20.4 Å². The number of aromatic nitrogens is 5. The van der Waals surface area contributed by atoms with Gasteiger partial charge in [0.05, 0.1) is 18.4 Å². The Balaban J connectivity index is 1.04. The summed E-state index contributed by atoms with van der Waals surface area (Å²) in [5, 5.41) is 19.3. The zero-order chi connectivity index (χ0) is 44.6. The molecule has 0 radical (unpaired) electrons. The Hall–Kier alpha value is -6.02. The standard InChI is InChI=1S/C49H55N11O5/c1-28-39(35-12-15-52-27-53-35)40(28)44(61)56-41-43(58-24-49(25-58)13-16-54-49)45-55-37(23-64-45)30-9-11-38-33(19-30)34(20-48(2,3)26-65-47(63)36-7-5-17-59(57-36)46(41)62)42(31-6-4-14-51-22-31)60(38)32-10-8-29(18-32)21-50/h4,6,9,11-12,14-15,19,22-23,27-29,32,36,39-41,43,54,57H,5,7-8,10,13,16-18,20,24-26H2,1-3H3,(H,56,61)/t28-,29+,32+,36-,39-,40+,41-,43-/m0/s1. The van der Waals surface area contributed by atoms with E-state index in [2.05, 4.69) is 84.7 Å². The van der Waals surface area contributed by atoms with Gasteiger partial charge in [0.2, 0.25) is 11.8 Å². The molecule has 65 heavy (non-hydrogen) atoms. The number of esters is 1. The highest BCUT2D eigenvalue weighted by molar-refractivity contribution is 5.95. The number of pyridine rings is 1. The average molecular weight is 878 g/mol. The number of ether oxygens (including phenoxy) is 1. The summed E-state index contributed by atoms with van der Waals surface area (Å²) in [5.41, 5.74) is 9.05. The summed E-state index contributed by atoms with van der Waals surface area (Å²) in [6, 6.07) is 12.2. The van der Waals surface area contributed by atoms with Crippen LogP contribution in [0.5, 0.6) is 0 Å². The van der Waals surface area contributed by atoms with Crippen molar-refractivity contribution in [2.24, 2.45) is 23.2 Å². The molecule has 16 heteroatoms. The maximum absolute atomic E-state index is 15.2. The van der Waals surface area contributed by atoms with E-state index < -0.39 is 35.4 Å². The molecule has 8 atom stereocenters. The van der Waals surface area contributed by atoms with Crippen molar-refractivity contribution in [3.05, 3.63) is 84.7 Å². The number of oxazole rings is 1. The monoisotopic (exact) mass is 877 g/mol. The molecular formula is C49H55N11O5. The van der Waals surface area contributed by atoms with Crippen molar-refractivity contribution in [3.8, 4) is 28.6 Å². The molecule has 4 aliphatic heterocycles. The zero-order valence-corrected chi connectivity index (χ0v) is 37.1. The van der Waals surface area contributed by atoms with Crippen LogP contribution in [0.25, 0.3) is 33.4 Å². The fourth-order valence-electron chi connectivity index (χ4n) is 11.5. The summed E-state index contributed by atoms with van der Waals surface area (Å²) < 4.78 is 15.1. The lowest BCUT2D eigenvalue weighted by molar-refractivity contribution is -0.157. The van der Waals surface area contributed by atoms with Crippen molar-refractivity contribution in [2.75, 3.05) is 32.8 Å². The maximum Gasteiger partial charge on any atom is 0.324 e. The van der Waals surface area contributed by atoms with Crippen LogP contribution in [0, 0.1) is 34.5 Å². The van der Waals surface area contributed by atoms with Crippen LogP contribution in [0.1, 0.15) is 94.4 Å². The number of cyclic esters (lactones) is 1. The van der Waals surface area contributed by atoms with Crippen molar-refractivity contribution >= 4 is 28.7 Å². The highest BCUT2D eigenvalue weighted by atomic mass is 16.5. The second kappa shape index (κ2) is 16.1. The molecule has 3 N–H and O–H groups in total. The van der Waals surface area contributed by atoms with Crippen LogP contribution < -0.4 is 16.1 Å². The Morgan fingerprint density at radius 1 is 1.06 bits per heavy atom. The minimum Gasteiger partial charge on any atom is -0.464 e. The topological polar surface area (TPSA) is 196 Å². The lowest BCUT2D eigenvalue weighted by Gasteiger charge is -2.59. The molecule has 5 aromatic rings. The molecule has 336 valence electrons. The summed E-state index contributed by atoms with van der Waals surface area (Å²) >= 11 is 0. The number of nitrogens with zero attached hydrogens (tertiary/aromatic N) is 8. The number of likely N-dealkylation sites (tertiary alicyclic amines) is 1. The predicted octanol–water partition coefficient (Wildman–Crippen LogP) is 5.26. The van der Waals surface area contributed by atoms with Crippen molar-refractivity contribution in [3.63, 3.8) is 0 Å². The molecule has 6 bridgehead atoms. The van der Waals surface area contributed by atoms with E-state index in [1.165, 1.54) is 11.3 Å². The maximum atomic E-state index is 15.2. The van der Waals surface area contributed by atoms with Gasteiger partial charge in [-0.1, -0.05) is 26.8 Å². The fraction of sp³-hybridized carbons (Fsp3) is 0.510. The number of amides is 2. The highest BCUT2D eigenvalue weighted by Crippen LogP contribution is 2.53. The number of hydrazine groups is 1. The average Bonchev–Trinajstić information content (AvgIpc) is 3.67. The minimum atomic E-state index is -1.11. The molecule has 4 aromatic heterocycles. The van der Waals surface area contributed by atoms with Crippen LogP contribution in [0.4, 0.5) is 0 Å². The van der Waals surface area contributed by atoms with Gasteiger partial charge in [-0.2, -0.15) is 5.26 Å². The van der Waals surface area contributed by atoms with Gasteiger partial charge in [-0.3, -0.25) is 29.3 Å². The smallest absolute Gasteiger partial charge is 0.324 e. The molecule has 2 saturated carbocycles. The Morgan fingerprint density at radius 2 is 1.92 bits per heavy atom. The van der Waals surface area contributed by atoms with E-state index in [9.17, 15) is 14.9 Å². The summed E-state index contributed by atoms with van der Waals surface area (Å²) in [4.78, 5) is 64.2. The van der Waals surface area contributed by atoms with E-state index >= 15 is 4.79 Å². The lowest BCUT2D eigenvalue weighted by Crippen LogP contribution is -2.77. The van der Waals surface area contributed by atoms with Gasteiger partial charge in [0.15, 0.2) is 0 Å². The molecule has 0 unspecified atom stereocenters. The van der Waals surface area contributed by atoms with Crippen LogP contribution in [0.2, 0.25) is 0 Å². The van der Waals surface area contributed by atoms with Crippen LogP contribution >= 0.6 is 0 Å². The van der Waals surface area contributed by atoms with E-state index in [0.29, 0.717) is 50.5 Å². The van der Waals surface area contributed by atoms with Crippen molar-refractivity contribution in [1.82, 2.24) is 50.5 Å². The van der Waals surface area contributed by atoms with Crippen molar-refractivity contribution in [1.29, 1.82) is 5.26 Å². The second-order valence-electron chi connectivity index (χ2n) is 20.1. The number of hydrogen-bond acceptors (Lipinski definition) is 13. The van der Waals surface area contributed by atoms with Crippen LogP contribution in [-0.2, 0) is 25.5 Å². The first kappa shape index (κ1) is 41.7. The molecule has 16 nitrogen and oxygen atoms in total. The molecule has 1 spiro atoms. The van der Waals surface area contributed by atoms with Crippen LogP contribution in [0.15, 0.2) is 72.0 Å². The first-order valence-corrected chi connectivity index (χ1v) is 23.2. The van der Waals surface area contributed by atoms with Gasteiger partial charge >= 0.3 is 5.97 Å². The van der Waals surface area contributed by atoms with Gasteiger partial charge in [-0.05, 0) is 93.3 Å². The molecule has 1 aromatic carbocycles. The summed E-state index contributed by atoms with van der Waals surface area (Å²) in [6.45, 7) is 8.93. The molecule has 2 aliphatic carbocycles. The van der Waals surface area contributed by atoms with E-state index in [-0.39, 0.29) is 47.8 Å². The van der Waals surface area contributed by atoms with E-state index in [0.717, 1.165) is 71.2 Å².